The van der Waals surface area contributed by atoms with Crippen LogP contribution < -0.4 is 0 Å². The first-order valence-electron chi connectivity index (χ1n) is 9.23. The Labute approximate surface area is 158 Å². The molecule has 6 heteroatoms. The summed E-state index contributed by atoms with van der Waals surface area (Å²) >= 11 is 0. The largest absolute Gasteiger partial charge is 0.382 e. The van der Waals surface area contributed by atoms with Crippen molar-refractivity contribution in [2.75, 3.05) is 26.2 Å². The van der Waals surface area contributed by atoms with Crippen molar-refractivity contribution in [3.05, 3.63) is 71.5 Å². The van der Waals surface area contributed by atoms with Crippen molar-refractivity contribution in [3.8, 4) is 0 Å². The molecule has 0 radical (unpaired) electrons. The van der Waals surface area contributed by atoms with Gasteiger partial charge in [0.2, 0.25) is 6.10 Å². The van der Waals surface area contributed by atoms with Gasteiger partial charge in [0, 0.05) is 39.1 Å². The van der Waals surface area contributed by atoms with Crippen LogP contribution in [-0.4, -0.2) is 53.7 Å². The Balaban J connectivity index is 1.27. The molecule has 0 aliphatic carbocycles. The third-order valence-corrected chi connectivity index (χ3v) is 5.05. The summed E-state index contributed by atoms with van der Waals surface area (Å²) in [6.45, 7) is 3.69. The van der Waals surface area contributed by atoms with Crippen molar-refractivity contribution < 1.29 is 14.0 Å². The number of piperazine rings is 1. The van der Waals surface area contributed by atoms with Gasteiger partial charge < -0.3 is 9.74 Å². The Morgan fingerprint density at radius 2 is 1.74 bits per heavy atom. The van der Waals surface area contributed by atoms with Gasteiger partial charge in [-0.05, 0) is 23.3 Å². The highest BCUT2D eigenvalue weighted by Crippen LogP contribution is 2.19. The van der Waals surface area contributed by atoms with Crippen molar-refractivity contribution in [2.45, 2.75) is 19.1 Å². The van der Waals surface area contributed by atoms with Gasteiger partial charge in [0.15, 0.2) is 0 Å². The molecule has 1 atom stereocenters. The molecule has 1 amide bonds. The summed E-state index contributed by atoms with van der Waals surface area (Å²) in [5, 5.41) is 4.11. The van der Waals surface area contributed by atoms with Crippen molar-refractivity contribution in [3.63, 3.8) is 0 Å². The number of carbonyl (C=O) groups excluding carboxylic acids is 1. The molecule has 4 rings (SSSR count). The SMILES string of the molecule is O=C(C1CC(c2ccccc2)=NO1)N1CCN(Cc2ccc(F)cc2)CC1. The fourth-order valence-corrected chi connectivity index (χ4v) is 3.49. The summed E-state index contributed by atoms with van der Waals surface area (Å²) in [5.74, 6) is -0.214. The average molecular weight is 367 g/mol. The van der Waals surface area contributed by atoms with E-state index in [4.69, 9.17) is 4.84 Å². The number of hydrogen-bond acceptors (Lipinski definition) is 4. The summed E-state index contributed by atoms with van der Waals surface area (Å²) in [7, 11) is 0. The van der Waals surface area contributed by atoms with Crippen LogP contribution in [0.15, 0.2) is 59.8 Å². The van der Waals surface area contributed by atoms with Crippen LogP contribution in [0.2, 0.25) is 0 Å². The van der Waals surface area contributed by atoms with E-state index < -0.39 is 6.10 Å². The topological polar surface area (TPSA) is 45.1 Å². The number of oxime groups is 1. The molecule has 0 aromatic heterocycles. The van der Waals surface area contributed by atoms with Gasteiger partial charge in [-0.25, -0.2) is 4.39 Å². The minimum Gasteiger partial charge on any atom is -0.382 e. The summed E-state index contributed by atoms with van der Waals surface area (Å²) in [6.07, 6.45) is -0.0117. The summed E-state index contributed by atoms with van der Waals surface area (Å²) in [6, 6.07) is 16.4. The fraction of sp³-hybridized carbons (Fsp3) is 0.333. The van der Waals surface area contributed by atoms with E-state index in [1.54, 1.807) is 0 Å². The molecule has 0 saturated carbocycles. The highest BCUT2D eigenvalue weighted by atomic mass is 19.1. The molecule has 2 aliphatic heterocycles. The fourth-order valence-electron chi connectivity index (χ4n) is 3.49. The zero-order valence-corrected chi connectivity index (χ0v) is 15.1. The number of amides is 1. The molecule has 1 fully saturated rings. The molecule has 2 heterocycles. The molecule has 2 aliphatic rings. The van der Waals surface area contributed by atoms with Crippen LogP contribution in [0, 0.1) is 5.82 Å². The smallest absolute Gasteiger partial charge is 0.266 e. The molecule has 0 N–H and O–H groups in total. The van der Waals surface area contributed by atoms with Gasteiger partial charge in [-0.1, -0.05) is 47.6 Å². The number of carbonyl (C=O) groups is 1. The molecular weight excluding hydrogens is 345 g/mol. The van der Waals surface area contributed by atoms with Crippen molar-refractivity contribution >= 4 is 11.6 Å². The van der Waals surface area contributed by atoms with E-state index in [0.717, 1.165) is 36.5 Å². The van der Waals surface area contributed by atoms with Gasteiger partial charge in [-0.3, -0.25) is 9.69 Å². The van der Waals surface area contributed by atoms with Gasteiger partial charge in [0.25, 0.3) is 5.91 Å². The molecule has 2 aromatic rings. The third kappa shape index (κ3) is 4.17. The molecule has 140 valence electrons. The summed E-state index contributed by atoms with van der Waals surface area (Å²) in [4.78, 5) is 22.3. The van der Waals surface area contributed by atoms with Gasteiger partial charge in [-0.15, -0.1) is 0 Å². The molecule has 0 spiro atoms. The minimum atomic E-state index is -0.524. The predicted octanol–water partition coefficient (Wildman–Crippen LogP) is 2.66. The second-order valence-electron chi connectivity index (χ2n) is 6.93. The van der Waals surface area contributed by atoms with Gasteiger partial charge in [0.1, 0.15) is 5.82 Å². The zero-order valence-electron chi connectivity index (χ0n) is 15.1. The lowest BCUT2D eigenvalue weighted by Gasteiger charge is -2.35. The van der Waals surface area contributed by atoms with Gasteiger partial charge >= 0.3 is 0 Å². The van der Waals surface area contributed by atoms with E-state index >= 15 is 0 Å². The second kappa shape index (κ2) is 7.88. The predicted molar refractivity (Wildman–Crippen MR) is 101 cm³/mol. The molecule has 1 unspecified atom stereocenters. The van der Waals surface area contributed by atoms with Crippen LogP contribution >= 0.6 is 0 Å². The summed E-state index contributed by atoms with van der Waals surface area (Å²) < 4.78 is 13.0. The Kier molecular flexibility index (Phi) is 5.16. The van der Waals surface area contributed by atoms with Crippen LogP contribution in [-0.2, 0) is 16.2 Å². The maximum Gasteiger partial charge on any atom is 0.266 e. The highest BCUT2D eigenvalue weighted by Gasteiger charge is 2.33. The maximum atomic E-state index is 13.0. The van der Waals surface area contributed by atoms with Crippen molar-refractivity contribution in [2.24, 2.45) is 5.16 Å². The number of hydrogen-bond donors (Lipinski definition) is 0. The Bertz CT molecular complexity index is 815. The van der Waals surface area contributed by atoms with Crippen molar-refractivity contribution in [1.29, 1.82) is 0 Å². The molecule has 1 saturated heterocycles. The van der Waals surface area contributed by atoms with Gasteiger partial charge in [0.05, 0.1) is 5.71 Å². The first kappa shape index (κ1) is 17.7. The number of nitrogens with zero attached hydrogens (tertiary/aromatic N) is 3. The number of benzene rings is 2. The van der Waals surface area contributed by atoms with Crippen LogP contribution in [0.5, 0.6) is 0 Å². The van der Waals surface area contributed by atoms with E-state index in [9.17, 15) is 9.18 Å². The molecule has 27 heavy (non-hydrogen) atoms. The first-order chi connectivity index (χ1) is 13.2. The first-order valence-corrected chi connectivity index (χ1v) is 9.23. The highest BCUT2D eigenvalue weighted by molar-refractivity contribution is 6.04. The quantitative estimate of drug-likeness (QED) is 0.835. The average Bonchev–Trinajstić information content (AvgIpc) is 3.21. The Morgan fingerprint density at radius 3 is 2.44 bits per heavy atom. The molecule has 0 bridgehead atoms. The van der Waals surface area contributed by atoms with Gasteiger partial charge in [-0.2, -0.15) is 0 Å². The van der Waals surface area contributed by atoms with Crippen LogP contribution in [0.1, 0.15) is 17.5 Å². The van der Waals surface area contributed by atoms with E-state index in [-0.39, 0.29) is 11.7 Å². The van der Waals surface area contributed by atoms with E-state index in [2.05, 4.69) is 10.1 Å². The minimum absolute atomic E-state index is 0.00566. The van der Waals surface area contributed by atoms with E-state index in [1.165, 1.54) is 12.1 Å². The van der Waals surface area contributed by atoms with Crippen LogP contribution in [0.4, 0.5) is 4.39 Å². The Hall–Kier alpha value is -2.73. The lowest BCUT2D eigenvalue weighted by atomic mass is 10.0. The summed E-state index contributed by atoms with van der Waals surface area (Å²) in [5.41, 5.74) is 2.90. The maximum absolute atomic E-state index is 13.0. The zero-order chi connectivity index (χ0) is 18.6. The van der Waals surface area contributed by atoms with E-state index in [0.29, 0.717) is 19.5 Å². The van der Waals surface area contributed by atoms with Crippen molar-refractivity contribution in [1.82, 2.24) is 9.80 Å². The molecule has 2 aromatic carbocycles. The van der Waals surface area contributed by atoms with Crippen LogP contribution in [0.25, 0.3) is 0 Å². The lowest BCUT2D eigenvalue weighted by Crippen LogP contribution is -2.51. The normalized spacial score (nSPS) is 20.3. The molecule has 5 nitrogen and oxygen atoms in total. The van der Waals surface area contributed by atoms with Crippen LogP contribution in [0.3, 0.4) is 0 Å². The second-order valence-corrected chi connectivity index (χ2v) is 6.93. The number of rotatable bonds is 4. The molecular formula is C21H22FN3O2. The van der Waals surface area contributed by atoms with E-state index in [1.807, 2.05) is 47.4 Å². The number of halogens is 1. The third-order valence-electron chi connectivity index (χ3n) is 5.05. The lowest BCUT2D eigenvalue weighted by molar-refractivity contribution is -0.143. The monoisotopic (exact) mass is 367 g/mol. The standard InChI is InChI=1S/C21H22FN3O2/c22-18-8-6-16(7-9-18)15-24-10-12-25(13-11-24)21(26)20-14-19(23-27-20)17-4-2-1-3-5-17/h1-9,20H,10-15H2. The Morgan fingerprint density at radius 1 is 1.04 bits per heavy atom.